The highest BCUT2D eigenvalue weighted by atomic mass is 32.1. The van der Waals surface area contributed by atoms with Crippen molar-refractivity contribution in [3.63, 3.8) is 0 Å². The monoisotopic (exact) mass is 456 g/mol. The van der Waals surface area contributed by atoms with Crippen LogP contribution >= 0.6 is 22.7 Å². The van der Waals surface area contributed by atoms with E-state index in [1.54, 1.807) is 0 Å². The molecule has 0 unspecified atom stereocenters. The highest BCUT2D eigenvalue weighted by molar-refractivity contribution is 7.27. The lowest BCUT2D eigenvalue weighted by atomic mass is 9.81. The number of fused-ring (bicyclic) bond motifs is 14. The molecule has 8 rings (SSSR count). The number of rotatable bonds is 0. The Bertz CT molecular complexity index is 1950. The standard InChI is InChI=1S/C31H20S2/c1-31(2)21-12-6-3-9-17(21)25-20-15-16-24-26(18-10-4-7-13-22(18)32-24)27(20)28-19-11-5-8-14-23(19)33-30(28)29(25)31/h3-16H,1-2H3. The molecule has 0 saturated carbocycles. The molecule has 1 aliphatic rings. The van der Waals surface area contributed by atoms with Crippen molar-refractivity contribution in [3.05, 3.63) is 96.1 Å². The van der Waals surface area contributed by atoms with Gasteiger partial charge in [-0.2, -0.15) is 0 Å². The molecule has 0 fully saturated rings. The first kappa shape index (κ1) is 18.3. The van der Waals surface area contributed by atoms with E-state index >= 15 is 0 Å². The topological polar surface area (TPSA) is 0 Å². The Morgan fingerprint density at radius 1 is 0.545 bits per heavy atom. The number of benzene rings is 5. The van der Waals surface area contributed by atoms with Gasteiger partial charge in [0.1, 0.15) is 0 Å². The highest BCUT2D eigenvalue weighted by Crippen LogP contribution is 2.58. The van der Waals surface area contributed by atoms with Gasteiger partial charge in [-0.1, -0.05) is 80.6 Å². The van der Waals surface area contributed by atoms with Gasteiger partial charge in [0.25, 0.3) is 0 Å². The predicted octanol–water partition coefficient (Wildman–Crippen LogP) is 9.88. The summed E-state index contributed by atoms with van der Waals surface area (Å²) in [6.07, 6.45) is 0. The molecule has 0 N–H and O–H groups in total. The molecule has 2 heteroatoms. The van der Waals surface area contributed by atoms with E-state index in [9.17, 15) is 0 Å². The molecule has 0 saturated heterocycles. The smallest absolute Gasteiger partial charge is 0.0409 e. The number of hydrogen-bond acceptors (Lipinski definition) is 2. The van der Waals surface area contributed by atoms with E-state index in [1.165, 1.54) is 73.4 Å². The second-order valence-electron chi connectivity index (χ2n) is 9.68. The van der Waals surface area contributed by atoms with Crippen LogP contribution in [0, 0.1) is 0 Å². The van der Waals surface area contributed by atoms with Gasteiger partial charge in [0.15, 0.2) is 0 Å². The SMILES string of the molecule is CC1(C)c2ccccc2-c2c1c1sc3ccccc3c1c1c2ccc2sc3ccccc3c21. The molecule has 5 aromatic carbocycles. The molecule has 2 aromatic heterocycles. The third kappa shape index (κ3) is 2.12. The largest absolute Gasteiger partial charge is 0.135 e. The van der Waals surface area contributed by atoms with Crippen LogP contribution in [0.4, 0.5) is 0 Å². The summed E-state index contributed by atoms with van der Waals surface area (Å²) in [5, 5.41) is 8.47. The van der Waals surface area contributed by atoms with Crippen LogP contribution < -0.4 is 0 Å². The molecule has 1 aliphatic carbocycles. The fourth-order valence-corrected chi connectivity index (χ4v) is 8.79. The van der Waals surface area contributed by atoms with E-state index in [-0.39, 0.29) is 5.41 Å². The third-order valence-corrected chi connectivity index (χ3v) is 9.95. The van der Waals surface area contributed by atoms with Gasteiger partial charge in [-0.05, 0) is 45.8 Å². The highest BCUT2D eigenvalue weighted by Gasteiger charge is 2.39. The second kappa shape index (κ2) is 6.02. The fourth-order valence-electron chi connectivity index (χ4n) is 6.26. The Kier molecular flexibility index (Phi) is 3.33. The lowest BCUT2D eigenvalue weighted by Crippen LogP contribution is -2.15. The Morgan fingerprint density at radius 3 is 2.03 bits per heavy atom. The molecular weight excluding hydrogens is 436 g/mol. The average Bonchev–Trinajstić information content (AvgIpc) is 3.47. The van der Waals surface area contributed by atoms with Crippen LogP contribution in [-0.2, 0) is 5.41 Å². The van der Waals surface area contributed by atoms with Crippen molar-refractivity contribution in [2.75, 3.05) is 0 Å². The maximum Gasteiger partial charge on any atom is 0.0409 e. The quantitative estimate of drug-likeness (QED) is 0.213. The number of thiophene rings is 2. The third-order valence-electron chi connectivity index (χ3n) is 7.63. The minimum absolute atomic E-state index is 0.0229. The second-order valence-corrected chi connectivity index (χ2v) is 11.8. The van der Waals surface area contributed by atoms with Crippen molar-refractivity contribution in [1.29, 1.82) is 0 Å². The summed E-state index contributed by atoms with van der Waals surface area (Å²) >= 11 is 3.89. The van der Waals surface area contributed by atoms with E-state index in [2.05, 4.69) is 98.8 Å². The lowest BCUT2D eigenvalue weighted by Gasteiger charge is -2.23. The lowest BCUT2D eigenvalue weighted by molar-refractivity contribution is 0.667. The van der Waals surface area contributed by atoms with Crippen LogP contribution in [0.1, 0.15) is 25.0 Å². The van der Waals surface area contributed by atoms with Gasteiger partial charge in [0.05, 0.1) is 0 Å². The molecule has 0 spiro atoms. The molecule has 156 valence electrons. The van der Waals surface area contributed by atoms with E-state index < -0.39 is 0 Å². The van der Waals surface area contributed by atoms with E-state index in [4.69, 9.17) is 0 Å². The molecule has 0 atom stereocenters. The van der Waals surface area contributed by atoms with Gasteiger partial charge in [0, 0.05) is 51.1 Å². The fraction of sp³-hybridized carbons (Fsp3) is 0.0968. The summed E-state index contributed by atoms with van der Waals surface area (Å²) in [6, 6.07) is 31.7. The molecule has 0 bridgehead atoms. The van der Waals surface area contributed by atoms with Gasteiger partial charge in [-0.3, -0.25) is 0 Å². The van der Waals surface area contributed by atoms with E-state index in [0.29, 0.717) is 0 Å². The van der Waals surface area contributed by atoms with Crippen molar-refractivity contribution in [2.45, 2.75) is 19.3 Å². The first-order chi connectivity index (χ1) is 16.1. The first-order valence-corrected chi connectivity index (χ1v) is 13.1. The minimum Gasteiger partial charge on any atom is -0.135 e. The Balaban J connectivity index is 1.77. The van der Waals surface area contributed by atoms with Crippen LogP contribution in [0.5, 0.6) is 0 Å². The molecule has 0 aliphatic heterocycles. The van der Waals surface area contributed by atoms with E-state index in [1.807, 2.05) is 22.7 Å². The maximum absolute atomic E-state index is 2.41. The van der Waals surface area contributed by atoms with Gasteiger partial charge in [-0.25, -0.2) is 0 Å². The van der Waals surface area contributed by atoms with Crippen LogP contribution in [0.25, 0.3) is 62.2 Å². The normalized spacial score (nSPS) is 14.6. The van der Waals surface area contributed by atoms with Crippen LogP contribution in [0.15, 0.2) is 84.9 Å². The molecule has 0 nitrogen and oxygen atoms in total. The zero-order valence-electron chi connectivity index (χ0n) is 18.4. The molecule has 0 amide bonds. The van der Waals surface area contributed by atoms with Crippen LogP contribution in [0.2, 0.25) is 0 Å². The number of hydrogen-bond donors (Lipinski definition) is 0. The Labute approximate surface area is 199 Å². The zero-order chi connectivity index (χ0) is 21.9. The van der Waals surface area contributed by atoms with Crippen LogP contribution in [0.3, 0.4) is 0 Å². The Hall–Kier alpha value is -3.20. The summed E-state index contributed by atoms with van der Waals surface area (Å²) in [5.74, 6) is 0. The van der Waals surface area contributed by atoms with Crippen LogP contribution in [-0.4, -0.2) is 0 Å². The van der Waals surface area contributed by atoms with Crippen molar-refractivity contribution < 1.29 is 0 Å². The molecule has 7 aromatic rings. The summed E-state index contributed by atoms with van der Waals surface area (Å²) in [5.41, 5.74) is 5.78. The first-order valence-electron chi connectivity index (χ1n) is 11.5. The van der Waals surface area contributed by atoms with Crippen molar-refractivity contribution in [3.8, 4) is 11.1 Å². The van der Waals surface area contributed by atoms with Gasteiger partial charge in [0.2, 0.25) is 0 Å². The molecular formula is C31H20S2. The average molecular weight is 457 g/mol. The zero-order valence-corrected chi connectivity index (χ0v) is 20.0. The van der Waals surface area contributed by atoms with Gasteiger partial charge in [-0.15, -0.1) is 22.7 Å². The minimum atomic E-state index is -0.0229. The summed E-state index contributed by atoms with van der Waals surface area (Å²) < 4.78 is 5.59. The summed E-state index contributed by atoms with van der Waals surface area (Å²) in [4.78, 5) is 0. The predicted molar refractivity (Wildman–Crippen MR) is 147 cm³/mol. The summed E-state index contributed by atoms with van der Waals surface area (Å²) in [6.45, 7) is 4.82. The maximum atomic E-state index is 2.41. The Morgan fingerprint density at radius 2 is 1.21 bits per heavy atom. The van der Waals surface area contributed by atoms with Gasteiger partial charge >= 0.3 is 0 Å². The van der Waals surface area contributed by atoms with Crippen molar-refractivity contribution >= 4 is 73.8 Å². The van der Waals surface area contributed by atoms with Crippen molar-refractivity contribution in [1.82, 2.24) is 0 Å². The summed E-state index contributed by atoms with van der Waals surface area (Å²) in [7, 11) is 0. The molecule has 33 heavy (non-hydrogen) atoms. The van der Waals surface area contributed by atoms with Gasteiger partial charge < -0.3 is 0 Å². The van der Waals surface area contributed by atoms with E-state index in [0.717, 1.165) is 0 Å². The molecule has 2 heterocycles. The molecule has 0 radical (unpaired) electrons. The van der Waals surface area contributed by atoms with Crippen molar-refractivity contribution in [2.24, 2.45) is 0 Å².